The Morgan fingerprint density at radius 2 is 2.42 bits per heavy atom. The van der Waals surface area contributed by atoms with Crippen LogP contribution in [0.25, 0.3) is 0 Å². The number of aliphatic imine (C=N–C) groups is 4. The maximum atomic E-state index is 11.2. The van der Waals surface area contributed by atoms with Gasteiger partial charge in [0.15, 0.2) is 11.5 Å². The van der Waals surface area contributed by atoms with Crippen LogP contribution in [-0.4, -0.2) is 36.8 Å². The van der Waals surface area contributed by atoms with Gasteiger partial charge >= 0.3 is 0 Å². The molecule has 0 aromatic rings. The van der Waals surface area contributed by atoms with Gasteiger partial charge < -0.3 is 0 Å². The zero-order valence-corrected chi connectivity index (χ0v) is 6.27. The van der Waals surface area contributed by atoms with Crippen molar-refractivity contribution in [2.45, 2.75) is 0 Å². The first kappa shape index (κ1) is 6.84. The highest BCUT2D eigenvalue weighted by Crippen LogP contribution is 2.00. The van der Waals surface area contributed by atoms with E-state index in [9.17, 15) is 4.79 Å². The fourth-order valence-corrected chi connectivity index (χ4v) is 0.897. The first-order valence-electron chi connectivity index (χ1n) is 3.29. The van der Waals surface area contributed by atoms with Crippen LogP contribution in [0, 0.1) is 0 Å². The molecule has 0 aromatic carbocycles. The highest BCUT2D eigenvalue weighted by atomic mass is 16.2. The van der Waals surface area contributed by atoms with Gasteiger partial charge in [0.05, 0.1) is 0 Å². The van der Waals surface area contributed by atoms with E-state index in [0.29, 0.717) is 5.84 Å². The van der Waals surface area contributed by atoms with Crippen molar-refractivity contribution >= 4 is 29.8 Å². The van der Waals surface area contributed by atoms with Crippen molar-refractivity contribution in [3.05, 3.63) is 0 Å². The van der Waals surface area contributed by atoms with E-state index in [4.69, 9.17) is 0 Å². The third-order valence-corrected chi connectivity index (χ3v) is 1.44. The predicted octanol–water partition coefficient (Wildman–Crippen LogP) is -1.02. The lowest BCUT2D eigenvalue weighted by Crippen LogP contribution is -2.42. The molecule has 6 nitrogen and oxygen atoms in total. The third kappa shape index (κ3) is 0.849. The van der Waals surface area contributed by atoms with E-state index in [1.54, 1.807) is 7.05 Å². The van der Waals surface area contributed by atoms with E-state index in [1.165, 1.54) is 6.34 Å². The van der Waals surface area contributed by atoms with Crippen LogP contribution in [0.4, 0.5) is 0 Å². The summed E-state index contributed by atoms with van der Waals surface area (Å²) in [6.07, 6.45) is 1.30. The largest absolute Gasteiger partial charge is 0.289 e. The van der Waals surface area contributed by atoms with Gasteiger partial charge in [-0.15, -0.1) is 0 Å². The predicted molar refractivity (Wildman–Crippen MR) is 44.9 cm³/mol. The molecule has 1 amide bonds. The van der Waals surface area contributed by atoms with E-state index in [1.807, 2.05) is 0 Å². The number of nitrogens with one attached hydrogen (secondary N) is 1. The second-order valence-electron chi connectivity index (χ2n) is 2.16. The van der Waals surface area contributed by atoms with Gasteiger partial charge in [0.2, 0.25) is 5.96 Å². The molecule has 0 aromatic heterocycles. The van der Waals surface area contributed by atoms with Crippen molar-refractivity contribution < 1.29 is 4.79 Å². The molecular formula is C6H5N5O. The number of amides is 1. The first-order chi connectivity index (χ1) is 5.81. The molecule has 1 N–H and O–H groups in total. The molecule has 2 rings (SSSR count). The van der Waals surface area contributed by atoms with Crippen LogP contribution in [-0.2, 0) is 4.79 Å². The summed E-state index contributed by atoms with van der Waals surface area (Å²) in [6.45, 7) is 0. The van der Waals surface area contributed by atoms with Gasteiger partial charge in [-0.2, -0.15) is 4.99 Å². The zero-order valence-electron chi connectivity index (χ0n) is 6.27. The Morgan fingerprint density at radius 1 is 1.58 bits per heavy atom. The van der Waals surface area contributed by atoms with Crippen LogP contribution < -0.4 is 5.32 Å². The minimum atomic E-state index is -0.307. The molecule has 2 aliphatic heterocycles. The zero-order chi connectivity index (χ0) is 8.55. The summed E-state index contributed by atoms with van der Waals surface area (Å²) in [7, 11) is 1.54. The highest BCUT2D eigenvalue weighted by molar-refractivity contribution is 6.71. The second kappa shape index (κ2) is 2.33. The molecule has 12 heavy (non-hydrogen) atoms. The molecule has 2 heterocycles. The number of rotatable bonds is 0. The van der Waals surface area contributed by atoms with Gasteiger partial charge in [-0.05, 0) is 0 Å². The Hall–Kier alpha value is -1.85. The third-order valence-electron chi connectivity index (χ3n) is 1.44. The number of guanidine groups is 1. The van der Waals surface area contributed by atoms with Crippen molar-refractivity contribution in [2.75, 3.05) is 7.05 Å². The molecule has 2 aliphatic rings. The Bertz CT molecular complexity index is 362. The fourth-order valence-electron chi connectivity index (χ4n) is 0.897. The number of carbonyl (C=O) groups is 1. The van der Waals surface area contributed by atoms with Crippen LogP contribution in [0.3, 0.4) is 0 Å². The quantitative estimate of drug-likeness (QED) is 0.487. The molecule has 0 radical (unpaired) electrons. The van der Waals surface area contributed by atoms with Crippen molar-refractivity contribution in [3.8, 4) is 0 Å². The number of hydrogen-bond donors (Lipinski definition) is 1. The molecule has 0 atom stereocenters. The van der Waals surface area contributed by atoms with E-state index in [0.717, 1.165) is 0 Å². The molecule has 0 aliphatic carbocycles. The number of fused-ring (bicyclic) bond motifs is 1. The first-order valence-corrected chi connectivity index (χ1v) is 3.29. The second-order valence-corrected chi connectivity index (χ2v) is 2.16. The van der Waals surface area contributed by atoms with Crippen LogP contribution in [0.2, 0.25) is 0 Å². The van der Waals surface area contributed by atoms with Crippen molar-refractivity contribution in [1.29, 1.82) is 0 Å². The minimum absolute atomic E-state index is 0.252. The normalized spacial score (nSPS) is 23.4. The lowest BCUT2D eigenvalue weighted by molar-refractivity contribution is -0.113. The standard InChI is InChI=1S/C6H5N5O/c1-7-6-10-4-3(5(12)11-6)8-2-9-4/h2H,1H3,(H,7,11,12). The van der Waals surface area contributed by atoms with Crippen molar-refractivity contribution in [1.82, 2.24) is 5.32 Å². The maximum absolute atomic E-state index is 11.2. The van der Waals surface area contributed by atoms with Gasteiger partial charge in [-0.3, -0.25) is 15.1 Å². The van der Waals surface area contributed by atoms with E-state index in [2.05, 4.69) is 25.3 Å². The van der Waals surface area contributed by atoms with Gasteiger partial charge in [0, 0.05) is 7.05 Å². The average molecular weight is 163 g/mol. The summed E-state index contributed by atoms with van der Waals surface area (Å²) < 4.78 is 0. The lowest BCUT2D eigenvalue weighted by Gasteiger charge is -2.09. The van der Waals surface area contributed by atoms with Crippen LogP contribution in [0.1, 0.15) is 0 Å². The monoisotopic (exact) mass is 163 g/mol. The van der Waals surface area contributed by atoms with E-state index < -0.39 is 0 Å². The van der Waals surface area contributed by atoms with Crippen LogP contribution in [0.15, 0.2) is 20.0 Å². The average Bonchev–Trinajstić information content (AvgIpc) is 2.52. The maximum Gasteiger partial charge on any atom is 0.280 e. The number of carbonyl (C=O) groups excluding carboxylic acids is 1. The number of hydrogen-bond acceptors (Lipinski definition) is 4. The molecule has 6 heteroatoms. The fraction of sp³-hybridized carbons (Fsp3) is 0.167. The van der Waals surface area contributed by atoms with Crippen molar-refractivity contribution in [2.24, 2.45) is 20.0 Å². The van der Waals surface area contributed by atoms with E-state index >= 15 is 0 Å². The lowest BCUT2D eigenvalue weighted by atomic mass is 10.3. The molecule has 60 valence electrons. The summed E-state index contributed by atoms with van der Waals surface area (Å²) in [4.78, 5) is 26.3. The van der Waals surface area contributed by atoms with Crippen molar-refractivity contribution in [3.63, 3.8) is 0 Å². The Balaban J connectivity index is 2.49. The summed E-state index contributed by atoms with van der Waals surface area (Å²) in [5.41, 5.74) is 0.252. The SMILES string of the molecule is CN=C1N=C2N=CN=C2C(=O)N1. The topological polar surface area (TPSA) is 78.5 Å². The molecule has 0 bridgehead atoms. The Kier molecular flexibility index (Phi) is 1.33. The minimum Gasteiger partial charge on any atom is -0.289 e. The highest BCUT2D eigenvalue weighted by Gasteiger charge is 2.26. The van der Waals surface area contributed by atoms with Crippen LogP contribution in [0.5, 0.6) is 0 Å². The smallest absolute Gasteiger partial charge is 0.280 e. The molecule has 0 saturated heterocycles. The Labute approximate surface area is 67.8 Å². The van der Waals surface area contributed by atoms with Gasteiger partial charge in [0.25, 0.3) is 5.91 Å². The Morgan fingerprint density at radius 3 is 3.17 bits per heavy atom. The summed E-state index contributed by atoms with van der Waals surface area (Å²) in [5, 5.41) is 2.45. The van der Waals surface area contributed by atoms with Gasteiger partial charge in [-0.25, -0.2) is 9.98 Å². The molecule has 0 fully saturated rings. The van der Waals surface area contributed by atoms with Crippen LogP contribution >= 0.6 is 0 Å². The summed E-state index contributed by atoms with van der Waals surface area (Å²) in [6, 6.07) is 0. The summed E-state index contributed by atoms with van der Waals surface area (Å²) >= 11 is 0. The molecule has 0 spiro atoms. The molecule has 0 saturated carbocycles. The van der Waals surface area contributed by atoms with E-state index in [-0.39, 0.29) is 17.6 Å². The number of nitrogens with zero attached hydrogens (tertiary/aromatic N) is 4. The van der Waals surface area contributed by atoms with Gasteiger partial charge in [-0.1, -0.05) is 0 Å². The molecular weight excluding hydrogens is 158 g/mol. The summed E-state index contributed by atoms with van der Waals surface area (Å²) in [5.74, 6) is 0.297. The van der Waals surface area contributed by atoms with Gasteiger partial charge in [0.1, 0.15) is 6.34 Å². The number of amidine groups is 1. The molecule has 0 unspecified atom stereocenters.